The van der Waals surface area contributed by atoms with Crippen LogP contribution in [-0.4, -0.2) is 0 Å². The molecule has 3 heteroatoms. The van der Waals surface area contributed by atoms with Crippen molar-refractivity contribution in [2.75, 3.05) is 0 Å². The van der Waals surface area contributed by atoms with Gasteiger partial charge in [-0.1, -0.05) is 194 Å². The van der Waals surface area contributed by atoms with E-state index < -0.39 is 6.04 Å². The predicted octanol–water partition coefficient (Wildman–Crippen LogP) is 13.3. The third-order valence-corrected chi connectivity index (χ3v) is 16.3. The van der Waals surface area contributed by atoms with Crippen molar-refractivity contribution in [1.82, 2.24) is 0 Å². The van der Waals surface area contributed by atoms with Crippen LogP contribution < -0.4 is 15.9 Å². The molecule has 0 bridgehead atoms. The fourth-order valence-electron chi connectivity index (χ4n) is 8.92. The van der Waals surface area contributed by atoms with E-state index in [0.29, 0.717) is 0 Å². The molecule has 0 fully saturated rings. The minimum atomic E-state index is -2.36. The van der Waals surface area contributed by atoms with Gasteiger partial charge in [-0.3, -0.25) is 0 Å². The highest BCUT2D eigenvalue weighted by Crippen LogP contribution is 2.49. The molecule has 0 atom stereocenters. The summed E-state index contributed by atoms with van der Waals surface area (Å²) in [5.74, 6) is 0. The normalized spacial score (nSPS) is 12.1. The zero-order valence-electron chi connectivity index (χ0n) is 29.8. The van der Waals surface area contributed by atoms with Crippen molar-refractivity contribution in [3.63, 3.8) is 0 Å². The molecule has 0 saturated carbocycles. The standard InChI is InChI=1S/C52H33OPS/c55-54(36-18-3-1-4-19-36,37-20-5-2-6-21-37)38-22-15-17-35(32-38)49-42-26-11-13-28-44(42)50(45-29-14-12-27-43(45)49)46-33-48-52(41-25-10-9-24-40(41)46)51-39-23-8-7-16-34(39)30-31-47(51)53-48/h1-33H. The quantitative estimate of drug-likeness (QED) is 0.129. The summed E-state index contributed by atoms with van der Waals surface area (Å²) in [5, 5.41) is 15.6. The van der Waals surface area contributed by atoms with Gasteiger partial charge < -0.3 is 4.42 Å². The molecule has 0 N–H and O–H groups in total. The number of fused-ring (bicyclic) bond motifs is 9. The lowest BCUT2D eigenvalue weighted by molar-refractivity contribution is 0.669. The molecule has 10 aromatic carbocycles. The Labute approximate surface area is 324 Å². The molecular weight excluding hydrogens is 704 g/mol. The zero-order valence-corrected chi connectivity index (χ0v) is 31.5. The summed E-state index contributed by atoms with van der Waals surface area (Å²) in [6.45, 7) is 0. The maximum atomic E-state index is 6.82. The van der Waals surface area contributed by atoms with Gasteiger partial charge in [0.1, 0.15) is 11.2 Å². The zero-order chi connectivity index (χ0) is 36.5. The van der Waals surface area contributed by atoms with Gasteiger partial charge in [0.05, 0.1) is 0 Å². The van der Waals surface area contributed by atoms with Crippen LogP contribution in [0.25, 0.3) is 87.3 Å². The van der Waals surface area contributed by atoms with Crippen LogP contribution in [0.3, 0.4) is 0 Å². The largest absolute Gasteiger partial charge is 0.456 e. The fourth-order valence-corrected chi connectivity index (χ4v) is 12.7. The van der Waals surface area contributed by atoms with E-state index in [2.05, 4.69) is 200 Å². The Morgan fingerprint density at radius 2 is 0.836 bits per heavy atom. The van der Waals surface area contributed by atoms with E-state index in [1.807, 2.05) is 0 Å². The van der Waals surface area contributed by atoms with Gasteiger partial charge in [0.2, 0.25) is 0 Å². The number of rotatable bonds is 5. The molecule has 0 radical (unpaired) electrons. The van der Waals surface area contributed by atoms with E-state index in [1.165, 1.54) is 92.0 Å². The molecule has 0 amide bonds. The molecule has 0 saturated heterocycles. The van der Waals surface area contributed by atoms with Crippen molar-refractivity contribution < 1.29 is 4.42 Å². The summed E-state index contributed by atoms with van der Waals surface area (Å²) in [7, 11) is 0. The van der Waals surface area contributed by atoms with E-state index in [9.17, 15) is 0 Å². The van der Waals surface area contributed by atoms with Gasteiger partial charge >= 0.3 is 0 Å². The molecule has 258 valence electrons. The average molecular weight is 737 g/mol. The van der Waals surface area contributed by atoms with Gasteiger partial charge in [-0.25, -0.2) is 0 Å². The second-order valence-corrected chi connectivity index (χ2v) is 18.7. The first-order valence-electron chi connectivity index (χ1n) is 18.7. The molecule has 0 unspecified atom stereocenters. The smallest absolute Gasteiger partial charge is 0.136 e. The summed E-state index contributed by atoms with van der Waals surface area (Å²) in [6.07, 6.45) is 0. The molecule has 0 aliphatic rings. The highest BCUT2D eigenvalue weighted by Gasteiger charge is 2.26. The highest BCUT2D eigenvalue weighted by molar-refractivity contribution is 8.25. The van der Waals surface area contributed by atoms with Crippen molar-refractivity contribution in [3.05, 3.63) is 200 Å². The Morgan fingerprint density at radius 3 is 1.47 bits per heavy atom. The Balaban J connectivity index is 1.21. The van der Waals surface area contributed by atoms with Gasteiger partial charge in [0.25, 0.3) is 0 Å². The predicted molar refractivity (Wildman–Crippen MR) is 241 cm³/mol. The lowest BCUT2D eigenvalue weighted by atomic mass is 9.84. The van der Waals surface area contributed by atoms with E-state index in [-0.39, 0.29) is 0 Å². The number of furan rings is 1. The molecule has 1 aromatic heterocycles. The van der Waals surface area contributed by atoms with Crippen LogP contribution >= 0.6 is 6.04 Å². The van der Waals surface area contributed by atoms with Gasteiger partial charge in [-0.2, -0.15) is 0 Å². The highest BCUT2D eigenvalue weighted by atomic mass is 32.4. The van der Waals surface area contributed by atoms with Gasteiger partial charge in [0.15, 0.2) is 0 Å². The fraction of sp³-hybridized carbons (Fsp3) is 0. The molecule has 0 aliphatic carbocycles. The SMILES string of the molecule is S=P(c1ccccc1)(c1ccccc1)c1cccc(-c2c3ccccc3c(-c3cc4oc5ccc6ccccc6c5c4c4ccccc34)c3ccccc23)c1. The third kappa shape index (κ3) is 4.89. The third-order valence-electron chi connectivity index (χ3n) is 11.3. The molecule has 11 aromatic rings. The van der Waals surface area contributed by atoms with Crippen LogP contribution in [0.15, 0.2) is 205 Å². The Bertz CT molecular complexity index is 3240. The summed E-state index contributed by atoms with van der Waals surface area (Å²) in [6, 6.07) is 69.9. The first kappa shape index (κ1) is 32.1. The summed E-state index contributed by atoms with van der Waals surface area (Å²) in [5.41, 5.74) is 6.59. The number of benzene rings is 10. The molecular formula is C52H33OPS. The van der Waals surface area contributed by atoms with Gasteiger partial charge in [0, 0.05) is 16.8 Å². The molecule has 11 rings (SSSR count). The maximum Gasteiger partial charge on any atom is 0.136 e. The van der Waals surface area contributed by atoms with Crippen molar-refractivity contribution in [1.29, 1.82) is 0 Å². The van der Waals surface area contributed by atoms with E-state index in [1.54, 1.807) is 0 Å². The molecule has 55 heavy (non-hydrogen) atoms. The lowest BCUT2D eigenvalue weighted by Crippen LogP contribution is -2.24. The van der Waals surface area contributed by atoms with Crippen LogP contribution in [0.4, 0.5) is 0 Å². The minimum absolute atomic E-state index is 0.901. The number of hydrogen-bond acceptors (Lipinski definition) is 2. The molecule has 0 aliphatic heterocycles. The van der Waals surface area contributed by atoms with Crippen molar-refractivity contribution in [2.45, 2.75) is 0 Å². The topological polar surface area (TPSA) is 13.1 Å². The monoisotopic (exact) mass is 736 g/mol. The Kier molecular flexibility index (Phi) is 7.39. The van der Waals surface area contributed by atoms with Crippen LogP contribution in [0.1, 0.15) is 0 Å². The second-order valence-electron chi connectivity index (χ2n) is 14.3. The lowest BCUT2D eigenvalue weighted by Gasteiger charge is -2.25. The van der Waals surface area contributed by atoms with Crippen LogP contribution in [0.5, 0.6) is 0 Å². The van der Waals surface area contributed by atoms with Crippen LogP contribution in [-0.2, 0) is 11.8 Å². The van der Waals surface area contributed by atoms with E-state index in [0.717, 1.165) is 11.2 Å². The Morgan fingerprint density at radius 1 is 0.345 bits per heavy atom. The molecule has 1 heterocycles. The minimum Gasteiger partial charge on any atom is -0.456 e. The van der Waals surface area contributed by atoms with E-state index >= 15 is 0 Å². The van der Waals surface area contributed by atoms with Crippen molar-refractivity contribution in [2.24, 2.45) is 0 Å². The van der Waals surface area contributed by atoms with Gasteiger partial charge in [-0.05, 0) is 99.5 Å². The van der Waals surface area contributed by atoms with Crippen molar-refractivity contribution in [3.8, 4) is 22.3 Å². The first-order valence-corrected chi connectivity index (χ1v) is 21.5. The second kappa shape index (κ2) is 12.6. The summed E-state index contributed by atoms with van der Waals surface area (Å²) >= 11 is 6.82. The first-order chi connectivity index (χ1) is 27.2. The Hall–Kier alpha value is -6.31. The molecule has 1 nitrogen and oxygen atoms in total. The van der Waals surface area contributed by atoms with E-state index in [4.69, 9.17) is 16.2 Å². The van der Waals surface area contributed by atoms with Crippen LogP contribution in [0, 0.1) is 0 Å². The summed E-state index contributed by atoms with van der Waals surface area (Å²) in [4.78, 5) is 0. The summed E-state index contributed by atoms with van der Waals surface area (Å²) < 4.78 is 6.76. The maximum absolute atomic E-state index is 6.82. The van der Waals surface area contributed by atoms with Crippen LogP contribution in [0.2, 0.25) is 0 Å². The number of hydrogen-bond donors (Lipinski definition) is 0. The average Bonchev–Trinajstić information content (AvgIpc) is 3.65. The van der Waals surface area contributed by atoms with Crippen molar-refractivity contribution >= 4 is 98.8 Å². The van der Waals surface area contributed by atoms with Gasteiger partial charge in [-0.15, -0.1) is 0 Å². The molecule has 0 spiro atoms.